The van der Waals surface area contributed by atoms with Crippen molar-refractivity contribution in [2.75, 3.05) is 13.2 Å². The van der Waals surface area contributed by atoms with Gasteiger partial charge in [-0.25, -0.2) is 0 Å². The summed E-state index contributed by atoms with van der Waals surface area (Å²) in [5.41, 5.74) is 0. The van der Waals surface area contributed by atoms with Gasteiger partial charge in [0.2, 0.25) is 0 Å². The van der Waals surface area contributed by atoms with E-state index < -0.39 is 9.04 Å². The van der Waals surface area contributed by atoms with Crippen molar-refractivity contribution in [1.29, 1.82) is 0 Å². The van der Waals surface area contributed by atoms with Crippen molar-refractivity contribution in [3.05, 3.63) is 12.7 Å². The van der Waals surface area contributed by atoms with Crippen LogP contribution in [0, 0.1) is 0 Å². The molecular formula is C7H18O2Si2. The van der Waals surface area contributed by atoms with Gasteiger partial charge in [-0.2, -0.15) is 0 Å². The SMILES string of the molecule is C=CCOCCC[SiH](C)O[SiH3]. The summed E-state index contributed by atoms with van der Waals surface area (Å²) in [5, 5.41) is 0. The lowest BCUT2D eigenvalue weighted by Crippen LogP contribution is -2.11. The van der Waals surface area contributed by atoms with Gasteiger partial charge in [-0.15, -0.1) is 6.58 Å². The second kappa shape index (κ2) is 8.19. The van der Waals surface area contributed by atoms with E-state index in [1.165, 1.54) is 6.04 Å². The van der Waals surface area contributed by atoms with Crippen molar-refractivity contribution in [2.45, 2.75) is 19.0 Å². The van der Waals surface area contributed by atoms with E-state index >= 15 is 0 Å². The maximum absolute atomic E-state index is 5.36. The minimum absolute atomic E-state index is 0.678. The van der Waals surface area contributed by atoms with E-state index in [-0.39, 0.29) is 0 Å². The second-order valence-corrected chi connectivity index (χ2v) is 6.64. The largest absolute Gasteiger partial charge is 0.466 e. The normalized spacial score (nSPS) is 13.2. The van der Waals surface area contributed by atoms with Gasteiger partial charge in [0.15, 0.2) is 9.04 Å². The van der Waals surface area contributed by atoms with E-state index in [1.54, 1.807) is 6.08 Å². The summed E-state index contributed by atoms with van der Waals surface area (Å²) >= 11 is 0. The number of hydrogen-bond donors (Lipinski definition) is 0. The summed E-state index contributed by atoms with van der Waals surface area (Å²) in [7, 11) is 0.120. The molecular weight excluding hydrogens is 172 g/mol. The highest BCUT2D eigenvalue weighted by Crippen LogP contribution is 1.97. The standard InChI is InChI=1S/C7H18O2Si2/c1-3-5-8-6-4-7-11(2)9-10/h3,11H,1,4-7H2,2,10H3. The van der Waals surface area contributed by atoms with Gasteiger partial charge < -0.3 is 8.85 Å². The summed E-state index contributed by atoms with van der Waals surface area (Å²) in [4.78, 5) is 0. The first kappa shape index (κ1) is 11.1. The Morgan fingerprint density at radius 1 is 1.64 bits per heavy atom. The Morgan fingerprint density at radius 3 is 2.91 bits per heavy atom. The van der Waals surface area contributed by atoms with Crippen molar-refractivity contribution in [1.82, 2.24) is 0 Å². The highest BCUT2D eigenvalue weighted by Gasteiger charge is 1.99. The average Bonchev–Trinajstić information content (AvgIpc) is 2.04. The molecule has 0 aromatic heterocycles. The van der Waals surface area contributed by atoms with Crippen molar-refractivity contribution >= 4 is 19.5 Å². The Balaban J connectivity index is 2.95. The van der Waals surface area contributed by atoms with Gasteiger partial charge in [0, 0.05) is 6.61 Å². The lowest BCUT2D eigenvalue weighted by molar-refractivity contribution is 0.162. The van der Waals surface area contributed by atoms with E-state index in [9.17, 15) is 0 Å². The molecule has 0 rings (SSSR count). The molecule has 0 saturated heterocycles. The third kappa shape index (κ3) is 8.00. The summed E-state index contributed by atoms with van der Waals surface area (Å²) in [6.45, 7) is 7.34. The van der Waals surface area contributed by atoms with Crippen LogP contribution in [0.4, 0.5) is 0 Å². The highest BCUT2D eigenvalue weighted by molar-refractivity contribution is 6.54. The smallest absolute Gasteiger partial charge is 0.159 e. The fourth-order valence-electron chi connectivity index (χ4n) is 0.757. The van der Waals surface area contributed by atoms with E-state index in [4.69, 9.17) is 8.85 Å². The summed E-state index contributed by atoms with van der Waals surface area (Å²) in [6.07, 6.45) is 2.92. The van der Waals surface area contributed by atoms with Gasteiger partial charge in [0.1, 0.15) is 10.5 Å². The van der Waals surface area contributed by atoms with Crippen LogP contribution in [-0.4, -0.2) is 32.7 Å². The molecule has 0 amide bonds. The Morgan fingerprint density at radius 2 is 2.36 bits per heavy atom. The van der Waals surface area contributed by atoms with Crippen LogP contribution in [0.5, 0.6) is 0 Å². The molecule has 1 atom stereocenters. The number of hydrogen-bond acceptors (Lipinski definition) is 2. The quantitative estimate of drug-likeness (QED) is 0.325. The minimum Gasteiger partial charge on any atom is -0.466 e. The molecule has 0 aromatic rings. The summed E-state index contributed by atoms with van der Waals surface area (Å²) in [5.74, 6) is 0. The lowest BCUT2D eigenvalue weighted by Gasteiger charge is -2.06. The Hall–Kier alpha value is 0.0938. The van der Waals surface area contributed by atoms with Crippen LogP contribution in [-0.2, 0) is 8.85 Å². The molecule has 0 bridgehead atoms. The van der Waals surface area contributed by atoms with Crippen LogP contribution >= 0.6 is 0 Å². The van der Waals surface area contributed by atoms with Gasteiger partial charge in [-0.1, -0.05) is 6.08 Å². The van der Waals surface area contributed by atoms with Gasteiger partial charge in [-0.05, 0) is 19.0 Å². The average molecular weight is 190 g/mol. The van der Waals surface area contributed by atoms with Gasteiger partial charge >= 0.3 is 0 Å². The van der Waals surface area contributed by atoms with E-state index in [0.717, 1.165) is 23.5 Å². The fraction of sp³-hybridized carbons (Fsp3) is 0.714. The van der Waals surface area contributed by atoms with Gasteiger partial charge in [0.05, 0.1) is 6.61 Å². The van der Waals surface area contributed by atoms with Crippen LogP contribution in [0.15, 0.2) is 12.7 Å². The van der Waals surface area contributed by atoms with Crippen molar-refractivity contribution in [3.63, 3.8) is 0 Å². The summed E-state index contributed by atoms with van der Waals surface area (Å²) in [6, 6.07) is 1.24. The monoisotopic (exact) mass is 190 g/mol. The first-order chi connectivity index (χ1) is 5.31. The molecule has 0 aliphatic heterocycles. The molecule has 0 aliphatic carbocycles. The zero-order valence-corrected chi connectivity index (χ0v) is 10.7. The summed E-state index contributed by atoms with van der Waals surface area (Å²) < 4.78 is 10.6. The molecule has 0 aromatic carbocycles. The van der Waals surface area contributed by atoms with Crippen LogP contribution in [0.2, 0.25) is 12.6 Å². The molecule has 0 heterocycles. The molecule has 11 heavy (non-hydrogen) atoms. The topological polar surface area (TPSA) is 18.5 Å². The van der Waals surface area contributed by atoms with E-state index in [2.05, 4.69) is 13.1 Å². The molecule has 2 nitrogen and oxygen atoms in total. The van der Waals surface area contributed by atoms with Crippen LogP contribution < -0.4 is 0 Å². The number of ether oxygens (including phenoxy) is 1. The van der Waals surface area contributed by atoms with Gasteiger partial charge in [-0.3, -0.25) is 0 Å². The van der Waals surface area contributed by atoms with Crippen molar-refractivity contribution in [3.8, 4) is 0 Å². The number of rotatable bonds is 7. The predicted molar refractivity (Wildman–Crippen MR) is 54.5 cm³/mol. The van der Waals surface area contributed by atoms with Crippen LogP contribution in [0.25, 0.3) is 0 Å². The maximum Gasteiger partial charge on any atom is 0.159 e. The molecule has 0 aliphatic rings. The zero-order chi connectivity index (χ0) is 8.53. The maximum atomic E-state index is 5.36. The van der Waals surface area contributed by atoms with E-state index in [1.807, 2.05) is 0 Å². The van der Waals surface area contributed by atoms with Gasteiger partial charge in [0.25, 0.3) is 0 Å². The molecule has 0 spiro atoms. The first-order valence-corrected chi connectivity index (χ1v) is 7.28. The third-order valence-electron chi connectivity index (χ3n) is 1.54. The predicted octanol–water partition coefficient (Wildman–Crippen LogP) is 0.230. The van der Waals surface area contributed by atoms with Crippen molar-refractivity contribution < 1.29 is 8.85 Å². The molecule has 0 radical (unpaired) electrons. The molecule has 4 heteroatoms. The van der Waals surface area contributed by atoms with Crippen LogP contribution in [0.1, 0.15) is 6.42 Å². The minimum atomic E-state index is -0.777. The molecule has 66 valence electrons. The van der Waals surface area contributed by atoms with Crippen molar-refractivity contribution in [2.24, 2.45) is 0 Å². The second-order valence-electron chi connectivity index (χ2n) is 2.55. The Labute approximate surface area is 73.9 Å². The fourth-order valence-corrected chi connectivity index (χ4v) is 2.44. The zero-order valence-electron chi connectivity index (χ0n) is 7.51. The molecule has 0 fully saturated rings. The Kier molecular flexibility index (Phi) is 8.26. The lowest BCUT2D eigenvalue weighted by atomic mass is 10.5. The van der Waals surface area contributed by atoms with Crippen LogP contribution in [0.3, 0.4) is 0 Å². The highest BCUT2D eigenvalue weighted by atomic mass is 28.3. The first-order valence-electron chi connectivity index (χ1n) is 4.02. The Bertz CT molecular complexity index is 98.4. The van der Waals surface area contributed by atoms with E-state index in [0.29, 0.717) is 6.61 Å². The molecule has 0 saturated carbocycles. The molecule has 0 N–H and O–H groups in total. The molecule has 1 unspecified atom stereocenters. The third-order valence-corrected chi connectivity index (χ3v) is 5.98.